The monoisotopic (exact) mass is 362 g/mol. The van der Waals surface area contributed by atoms with Gasteiger partial charge < -0.3 is 24.2 Å². The number of unbranched alkanes of at least 4 members (excludes halogenated alkanes) is 9. The molecule has 8 heteroatoms. The van der Waals surface area contributed by atoms with E-state index in [4.69, 9.17) is 14.7 Å². The SMILES string of the molecule is CCCCCCCCCCCCOP(=O)([O-])OCCC(O)O.[Na+]. The minimum absolute atomic E-state index is 0. The van der Waals surface area contributed by atoms with E-state index in [-0.39, 0.29) is 49.2 Å². The molecule has 134 valence electrons. The van der Waals surface area contributed by atoms with Crippen molar-refractivity contribution in [3.05, 3.63) is 0 Å². The average Bonchev–Trinajstić information content (AvgIpc) is 2.44. The molecule has 0 aromatic rings. The van der Waals surface area contributed by atoms with Crippen LogP contribution in [-0.4, -0.2) is 29.7 Å². The molecule has 1 atom stereocenters. The first-order valence-corrected chi connectivity index (χ1v) is 9.90. The maximum absolute atomic E-state index is 11.3. The molecule has 0 aromatic heterocycles. The van der Waals surface area contributed by atoms with Gasteiger partial charge in [0.2, 0.25) is 0 Å². The van der Waals surface area contributed by atoms with Crippen molar-refractivity contribution < 1.29 is 58.3 Å². The minimum Gasteiger partial charge on any atom is -0.756 e. The Morgan fingerprint density at radius 2 is 1.30 bits per heavy atom. The summed E-state index contributed by atoms with van der Waals surface area (Å²) in [5.74, 6) is 0. The van der Waals surface area contributed by atoms with Crippen LogP contribution in [0.15, 0.2) is 0 Å². The second-order valence-electron chi connectivity index (χ2n) is 5.56. The van der Waals surface area contributed by atoms with Gasteiger partial charge in [0.25, 0.3) is 7.82 Å². The van der Waals surface area contributed by atoms with E-state index >= 15 is 0 Å². The molecule has 23 heavy (non-hydrogen) atoms. The predicted octanol–water partition coefficient (Wildman–Crippen LogP) is 0.114. The maximum Gasteiger partial charge on any atom is 1.00 e. The zero-order valence-corrected chi connectivity index (χ0v) is 17.6. The van der Waals surface area contributed by atoms with Crippen molar-refractivity contribution in [2.75, 3.05) is 13.2 Å². The molecule has 0 radical (unpaired) electrons. The number of aliphatic hydroxyl groups is 2. The van der Waals surface area contributed by atoms with Crippen LogP contribution < -0.4 is 34.5 Å². The van der Waals surface area contributed by atoms with Gasteiger partial charge in [0.05, 0.1) is 13.2 Å². The molecule has 0 aliphatic carbocycles. The third-order valence-corrected chi connectivity index (χ3v) is 4.37. The van der Waals surface area contributed by atoms with Gasteiger partial charge >= 0.3 is 29.6 Å². The summed E-state index contributed by atoms with van der Waals surface area (Å²) in [6.45, 7) is 2.05. The van der Waals surface area contributed by atoms with E-state index in [0.717, 1.165) is 12.8 Å². The Labute approximate surface area is 162 Å². The first-order chi connectivity index (χ1) is 10.5. The van der Waals surface area contributed by atoms with Gasteiger partial charge in [-0.3, -0.25) is 4.57 Å². The van der Waals surface area contributed by atoms with Crippen LogP contribution in [0.4, 0.5) is 0 Å². The Morgan fingerprint density at radius 1 is 0.870 bits per heavy atom. The fraction of sp³-hybridized carbons (Fsp3) is 1.00. The minimum atomic E-state index is -4.30. The van der Waals surface area contributed by atoms with Crippen molar-refractivity contribution >= 4 is 7.82 Å². The molecule has 0 heterocycles. The van der Waals surface area contributed by atoms with E-state index in [0.29, 0.717) is 6.42 Å². The van der Waals surface area contributed by atoms with Gasteiger partial charge in [-0.2, -0.15) is 0 Å². The summed E-state index contributed by atoms with van der Waals surface area (Å²) < 4.78 is 20.5. The number of aliphatic hydroxyl groups excluding tert-OH is 1. The predicted molar refractivity (Wildman–Crippen MR) is 84.2 cm³/mol. The maximum atomic E-state index is 11.3. The van der Waals surface area contributed by atoms with Crippen LogP contribution in [0.25, 0.3) is 0 Å². The molecule has 0 rings (SSSR count). The van der Waals surface area contributed by atoms with Gasteiger partial charge in [-0.05, 0) is 6.42 Å². The number of phosphoric acid groups is 1. The molecule has 1 unspecified atom stereocenters. The molecule has 0 aliphatic rings. The van der Waals surface area contributed by atoms with Crippen molar-refractivity contribution in [2.45, 2.75) is 83.8 Å². The molecular weight excluding hydrogens is 330 g/mol. The first kappa shape index (κ1) is 26.3. The molecule has 0 amide bonds. The Kier molecular flexibility index (Phi) is 20.4. The van der Waals surface area contributed by atoms with E-state index in [9.17, 15) is 9.46 Å². The zero-order valence-electron chi connectivity index (χ0n) is 14.7. The molecule has 0 saturated heterocycles. The number of hydrogen-bond donors (Lipinski definition) is 2. The number of phosphoric ester groups is 1. The molecule has 0 saturated carbocycles. The van der Waals surface area contributed by atoms with Crippen LogP contribution in [0.1, 0.15) is 77.6 Å². The summed E-state index contributed by atoms with van der Waals surface area (Å²) in [6.07, 6.45) is 9.97. The fourth-order valence-electron chi connectivity index (χ4n) is 2.07. The number of rotatable bonds is 16. The summed E-state index contributed by atoms with van der Waals surface area (Å²) in [6, 6.07) is 0. The summed E-state index contributed by atoms with van der Waals surface area (Å²) in [7, 11) is -4.30. The smallest absolute Gasteiger partial charge is 0.756 e. The first-order valence-electron chi connectivity index (χ1n) is 8.44. The van der Waals surface area contributed by atoms with Crippen molar-refractivity contribution in [2.24, 2.45) is 0 Å². The van der Waals surface area contributed by atoms with Crippen molar-refractivity contribution in [3.63, 3.8) is 0 Å². The number of hydrogen-bond acceptors (Lipinski definition) is 6. The normalized spacial score (nSPS) is 13.8. The zero-order chi connectivity index (χ0) is 16.7. The molecule has 0 fully saturated rings. The van der Waals surface area contributed by atoms with Crippen LogP contribution in [0.3, 0.4) is 0 Å². The largest absolute Gasteiger partial charge is 1.00 e. The molecule has 6 nitrogen and oxygen atoms in total. The average molecular weight is 362 g/mol. The van der Waals surface area contributed by atoms with Crippen LogP contribution in [0.5, 0.6) is 0 Å². The molecule has 0 aromatic carbocycles. The van der Waals surface area contributed by atoms with Crippen molar-refractivity contribution in [3.8, 4) is 0 Å². The topological polar surface area (TPSA) is 99.1 Å². The van der Waals surface area contributed by atoms with Crippen LogP contribution in [-0.2, 0) is 13.6 Å². The van der Waals surface area contributed by atoms with Gasteiger partial charge in [-0.15, -0.1) is 0 Å². The third-order valence-electron chi connectivity index (χ3n) is 3.37. The summed E-state index contributed by atoms with van der Waals surface area (Å²) in [5.41, 5.74) is 0. The summed E-state index contributed by atoms with van der Waals surface area (Å²) in [5, 5.41) is 17.1. The molecule has 0 bridgehead atoms. The quantitative estimate of drug-likeness (QED) is 0.175. The van der Waals surface area contributed by atoms with Crippen LogP contribution in [0, 0.1) is 0 Å². The standard InChI is InChI=1S/C15H33O6P.Na/c1-2-3-4-5-6-7-8-9-10-11-13-20-22(18,19)21-14-12-15(16)17;/h15-17H,2-14H2,1H3,(H,18,19);/q;+1/p-1. The van der Waals surface area contributed by atoms with E-state index < -0.39 is 14.1 Å². The summed E-state index contributed by atoms with van der Waals surface area (Å²) >= 11 is 0. The second kappa shape index (κ2) is 17.8. The third kappa shape index (κ3) is 21.0. The fourth-order valence-corrected chi connectivity index (χ4v) is 2.83. The Bertz CT molecular complexity index is 291. The molecule has 0 spiro atoms. The molecule has 2 N–H and O–H groups in total. The Hall–Kier alpha value is 1.03. The van der Waals surface area contributed by atoms with Gasteiger partial charge in [0.1, 0.15) is 0 Å². The van der Waals surface area contributed by atoms with E-state index in [1.165, 1.54) is 44.9 Å². The van der Waals surface area contributed by atoms with E-state index in [2.05, 4.69) is 11.4 Å². The molecule has 0 aliphatic heterocycles. The second-order valence-corrected chi connectivity index (χ2v) is 6.98. The van der Waals surface area contributed by atoms with Crippen molar-refractivity contribution in [1.82, 2.24) is 0 Å². The molecular formula is C15H32NaO6P. The summed E-state index contributed by atoms with van der Waals surface area (Å²) in [4.78, 5) is 11.3. The Balaban J connectivity index is 0. The van der Waals surface area contributed by atoms with E-state index in [1.807, 2.05) is 0 Å². The van der Waals surface area contributed by atoms with Gasteiger partial charge in [0.15, 0.2) is 6.29 Å². The van der Waals surface area contributed by atoms with Crippen LogP contribution >= 0.6 is 7.82 Å². The van der Waals surface area contributed by atoms with Gasteiger partial charge in [-0.25, -0.2) is 0 Å². The van der Waals surface area contributed by atoms with E-state index in [1.54, 1.807) is 0 Å². The Morgan fingerprint density at radius 3 is 1.78 bits per heavy atom. The van der Waals surface area contributed by atoms with Gasteiger partial charge in [0, 0.05) is 6.42 Å². The van der Waals surface area contributed by atoms with Crippen molar-refractivity contribution in [1.29, 1.82) is 0 Å². The van der Waals surface area contributed by atoms with Crippen LogP contribution in [0.2, 0.25) is 0 Å². The van der Waals surface area contributed by atoms with Gasteiger partial charge in [-0.1, -0.05) is 64.7 Å².